The molecule has 0 bridgehead atoms. The molecule has 1 amide bonds. The number of aromatic nitrogens is 1. The van der Waals surface area contributed by atoms with Gasteiger partial charge in [-0.15, -0.1) is 0 Å². The van der Waals surface area contributed by atoms with E-state index in [1.165, 1.54) is 54.1 Å². The van der Waals surface area contributed by atoms with Crippen molar-refractivity contribution in [3.63, 3.8) is 0 Å². The SMILES string of the molecule is Cn1c(=O)oc2cc(S(=O)(=O)CCC(=O)NCc3ccc(F)cc3)ccc21. The quantitative estimate of drug-likeness (QED) is 0.689. The molecule has 0 unspecified atom stereocenters. The maximum Gasteiger partial charge on any atom is 0.419 e. The van der Waals surface area contributed by atoms with Gasteiger partial charge in [0.1, 0.15) is 5.82 Å². The Bertz CT molecular complexity index is 1150. The number of halogens is 1. The number of rotatable bonds is 6. The van der Waals surface area contributed by atoms with Crippen LogP contribution < -0.4 is 11.1 Å². The van der Waals surface area contributed by atoms with Gasteiger partial charge in [0, 0.05) is 26.1 Å². The molecule has 0 fully saturated rings. The third-order valence-electron chi connectivity index (χ3n) is 4.12. The third kappa shape index (κ3) is 4.25. The van der Waals surface area contributed by atoms with Crippen LogP contribution in [-0.4, -0.2) is 24.6 Å². The minimum atomic E-state index is -3.72. The molecule has 7 nitrogen and oxygen atoms in total. The molecular formula is C18H17FN2O5S. The highest BCUT2D eigenvalue weighted by atomic mass is 32.2. The van der Waals surface area contributed by atoms with Gasteiger partial charge in [-0.25, -0.2) is 17.6 Å². The Labute approximate surface area is 154 Å². The van der Waals surface area contributed by atoms with Crippen molar-refractivity contribution in [2.75, 3.05) is 5.75 Å². The Morgan fingerprint density at radius 1 is 1.19 bits per heavy atom. The zero-order valence-corrected chi connectivity index (χ0v) is 15.3. The van der Waals surface area contributed by atoms with E-state index in [0.717, 1.165) is 0 Å². The lowest BCUT2D eigenvalue weighted by Crippen LogP contribution is -2.25. The van der Waals surface area contributed by atoms with Gasteiger partial charge in [-0.1, -0.05) is 12.1 Å². The summed E-state index contributed by atoms with van der Waals surface area (Å²) in [5, 5.41) is 2.59. The highest BCUT2D eigenvalue weighted by Gasteiger charge is 2.18. The number of aryl methyl sites for hydroxylation is 1. The van der Waals surface area contributed by atoms with Gasteiger partial charge in [-0.3, -0.25) is 9.36 Å². The number of carbonyl (C=O) groups excluding carboxylic acids is 1. The predicted molar refractivity (Wildman–Crippen MR) is 96.4 cm³/mol. The standard InChI is InChI=1S/C18H17FN2O5S/c1-21-15-7-6-14(10-16(15)26-18(21)23)27(24,25)9-8-17(22)20-11-12-2-4-13(19)5-3-12/h2-7,10H,8-9,11H2,1H3,(H,20,22). The van der Waals surface area contributed by atoms with E-state index in [1.807, 2.05) is 0 Å². The van der Waals surface area contributed by atoms with Gasteiger partial charge < -0.3 is 9.73 Å². The summed E-state index contributed by atoms with van der Waals surface area (Å²) in [6.45, 7) is 0.181. The largest absolute Gasteiger partial charge is 0.419 e. The van der Waals surface area contributed by atoms with Gasteiger partial charge in [0.05, 0.1) is 16.2 Å². The van der Waals surface area contributed by atoms with Crippen LogP contribution in [0.1, 0.15) is 12.0 Å². The van der Waals surface area contributed by atoms with Crippen LogP contribution >= 0.6 is 0 Å². The van der Waals surface area contributed by atoms with Crippen molar-refractivity contribution >= 4 is 26.8 Å². The van der Waals surface area contributed by atoms with Crippen LogP contribution in [0.3, 0.4) is 0 Å². The summed E-state index contributed by atoms with van der Waals surface area (Å²) in [5.41, 5.74) is 1.36. The van der Waals surface area contributed by atoms with Crippen LogP contribution in [0.5, 0.6) is 0 Å². The van der Waals surface area contributed by atoms with E-state index in [0.29, 0.717) is 11.1 Å². The molecule has 0 radical (unpaired) electrons. The van der Waals surface area contributed by atoms with Crippen molar-refractivity contribution < 1.29 is 22.0 Å². The number of amides is 1. The third-order valence-corrected chi connectivity index (χ3v) is 5.84. The summed E-state index contributed by atoms with van der Waals surface area (Å²) in [6.07, 6.45) is -0.222. The van der Waals surface area contributed by atoms with Crippen molar-refractivity contribution in [2.45, 2.75) is 17.9 Å². The Hall–Kier alpha value is -2.94. The fraction of sp³-hybridized carbons (Fsp3) is 0.222. The fourth-order valence-electron chi connectivity index (χ4n) is 2.54. The zero-order chi connectivity index (χ0) is 19.6. The second-order valence-corrected chi connectivity index (χ2v) is 8.14. The average molecular weight is 392 g/mol. The van der Waals surface area contributed by atoms with Crippen LogP contribution in [0.15, 0.2) is 56.6 Å². The molecule has 9 heteroatoms. The Morgan fingerprint density at radius 3 is 2.59 bits per heavy atom. The zero-order valence-electron chi connectivity index (χ0n) is 14.4. The van der Waals surface area contributed by atoms with Crippen molar-refractivity contribution in [1.29, 1.82) is 0 Å². The van der Waals surface area contributed by atoms with E-state index >= 15 is 0 Å². The summed E-state index contributed by atoms with van der Waals surface area (Å²) < 4.78 is 44.0. The normalized spacial score (nSPS) is 11.6. The van der Waals surface area contributed by atoms with E-state index in [1.54, 1.807) is 0 Å². The molecule has 27 heavy (non-hydrogen) atoms. The van der Waals surface area contributed by atoms with E-state index in [2.05, 4.69) is 5.32 Å². The topological polar surface area (TPSA) is 98.4 Å². The molecule has 1 heterocycles. The summed E-state index contributed by atoms with van der Waals surface area (Å²) in [4.78, 5) is 23.4. The van der Waals surface area contributed by atoms with Crippen LogP contribution in [0.4, 0.5) is 4.39 Å². The minimum absolute atomic E-state index is 0.0179. The first-order chi connectivity index (χ1) is 12.8. The number of hydrogen-bond donors (Lipinski definition) is 1. The molecule has 0 atom stereocenters. The molecule has 0 saturated heterocycles. The summed E-state index contributed by atoms with van der Waals surface area (Å²) >= 11 is 0. The molecule has 0 saturated carbocycles. The number of nitrogens with one attached hydrogen (secondary N) is 1. The monoisotopic (exact) mass is 392 g/mol. The minimum Gasteiger partial charge on any atom is -0.408 e. The predicted octanol–water partition coefficient (Wildman–Crippen LogP) is 1.75. The first-order valence-electron chi connectivity index (χ1n) is 8.10. The molecule has 0 aliphatic heterocycles. The molecule has 142 valence electrons. The first-order valence-corrected chi connectivity index (χ1v) is 9.75. The molecule has 2 aromatic carbocycles. The van der Waals surface area contributed by atoms with Crippen LogP contribution in [0.25, 0.3) is 11.1 Å². The molecule has 1 N–H and O–H groups in total. The van der Waals surface area contributed by atoms with Gasteiger partial charge >= 0.3 is 5.76 Å². The Morgan fingerprint density at radius 2 is 1.89 bits per heavy atom. The van der Waals surface area contributed by atoms with Crippen molar-refractivity contribution in [2.24, 2.45) is 7.05 Å². The molecular weight excluding hydrogens is 375 g/mol. The van der Waals surface area contributed by atoms with Gasteiger partial charge in [0.2, 0.25) is 5.91 Å². The number of hydrogen-bond acceptors (Lipinski definition) is 5. The van der Waals surface area contributed by atoms with E-state index < -0.39 is 21.5 Å². The fourth-order valence-corrected chi connectivity index (χ4v) is 3.80. The lowest BCUT2D eigenvalue weighted by Gasteiger charge is -2.07. The summed E-state index contributed by atoms with van der Waals surface area (Å²) in [6, 6.07) is 9.78. The molecule has 1 aromatic heterocycles. The number of benzene rings is 2. The summed E-state index contributed by atoms with van der Waals surface area (Å²) in [5.74, 6) is -1.78. The second kappa shape index (κ2) is 7.36. The van der Waals surface area contributed by atoms with Crippen molar-refractivity contribution in [3.05, 3.63) is 64.4 Å². The van der Waals surface area contributed by atoms with Crippen LogP contribution in [0.2, 0.25) is 0 Å². The molecule has 3 rings (SSSR count). The maximum absolute atomic E-state index is 12.8. The van der Waals surface area contributed by atoms with Gasteiger partial charge in [-0.05, 0) is 29.8 Å². The average Bonchev–Trinajstić information content (AvgIpc) is 2.93. The van der Waals surface area contributed by atoms with E-state index in [-0.39, 0.29) is 35.0 Å². The maximum atomic E-state index is 12.8. The highest BCUT2D eigenvalue weighted by Crippen LogP contribution is 2.19. The second-order valence-electron chi connectivity index (χ2n) is 6.03. The van der Waals surface area contributed by atoms with Crippen LogP contribution in [0, 0.1) is 5.82 Å². The number of oxazole rings is 1. The number of nitrogens with zero attached hydrogens (tertiary/aromatic N) is 1. The lowest BCUT2D eigenvalue weighted by atomic mass is 10.2. The smallest absolute Gasteiger partial charge is 0.408 e. The Kier molecular flexibility index (Phi) is 5.13. The van der Waals surface area contributed by atoms with E-state index in [9.17, 15) is 22.4 Å². The number of fused-ring (bicyclic) bond motifs is 1. The van der Waals surface area contributed by atoms with Gasteiger partial charge in [-0.2, -0.15) is 0 Å². The first kappa shape index (κ1) is 18.8. The number of carbonyl (C=O) groups is 1. The number of sulfone groups is 1. The molecule has 0 spiro atoms. The summed E-state index contributed by atoms with van der Waals surface area (Å²) in [7, 11) is -2.20. The Balaban J connectivity index is 1.63. The highest BCUT2D eigenvalue weighted by molar-refractivity contribution is 7.91. The van der Waals surface area contributed by atoms with Crippen molar-refractivity contribution in [3.8, 4) is 0 Å². The van der Waals surface area contributed by atoms with Gasteiger partial charge in [0.15, 0.2) is 15.4 Å². The van der Waals surface area contributed by atoms with Crippen molar-refractivity contribution in [1.82, 2.24) is 9.88 Å². The van der Waals surface area contributed by atoms with E-state index in [4.69, 9.17) is 4.42 Å². The van der Waals surface area contributed by atoms with Gasteiger partial charge in [0.25, 0.3) is 0 Å². The molecule has 0 aliphatic rings. The lowest BCUT2D eigenvalue weighted by molar-refractivity contribution is -0.120. The molecule has 3 aromatic rings. The molecule has 0 aliphatic carbocycles. The van der Waals surface area contributed by atoms with Crippen LogP contribution in [-0.2, 0) is 28.2 Å².